The van der Waals surface area contributed by atoms with Crippen LogP contribution in [0.5, 0.6) is 0 Å². The van der Waals surface area contributed by atoms with Crippen LogP contribution < -0.4 is 5.73 Å². The zero-order valence-electron chi connectivity index (χ0n) is 15.3. The van der Waals surface area contributed by atoms with Crippen molar-refractivity contribution in [3.05, 3.63) is 0 Å². The molecule has 2 N–H and O–H groups in total. The van der Waals surface area contributed by atoms with Gasteiger partial charge in [-0.2, -0.15) is 0 Å². The van der Waals surface area contributed by atoms with E-state index in [1.54, 1.807) is 0 Å². The van der Waals surface area contributed by atoms with Gasteiger partial charge < -0.3 is 10.6 Å². The molecule has 0 aliphatic heterocycles. The highest BCUT2D eigenvalue weighted by Crippen LogP contribution is 2.15. The summed E-state index contributed by atoms with van der Waals surface area (Å²) in [6.45, 7) is 19.6. The van der Waals surface area contributed by atoms with Crippen molar-refractivity contribution < 1.29 is 4.79 Å². The fraction of sp³-hybridized carbons (Fsp3) is 0.941. The van der Waals surface area contributed by atoms with Crippen LogP contribution in [0.25, 0.3) is 0 Å². The van der Waals surface area contributed by atoms with Crippen LogP contribution in [0.4, 0.5) is 0 Å². The lowest BCUT2D eigenvalue weighted by Crippen LogP contribution is -2.46. The summed E-state index contributed by atoms with van der Waals surface area (Å²) in [4.78, 5) is 16.8. The summed E-state index contributed by atoms with van der Waals surface area (Å²) < 4.78 is 0. The van der Waals surface area contributed by atoms with Gasteiger partial charge in [-0.05, 0) is 30.3 Å². The van der Waals surface area contributed by atoms with E-state index in [0.717, 1.165) is 26.2 Å². The normalized spacial score (nSPS) is 12.5. The topological polar surface area (TPSA) is 49.6 Å². The van der Waals surface area contributed by atoms with Crippen molar-refractivity contribution in [1.82, 2.24) is 9.80 Å². The van der Waals surface area contributed by atoms with Gasteiger partial charge in [-0.25, -0.2) is 0 Å². The molecule has 0 aromatic carbocycles. The van der Waals surface area contributed by atoms with Gasteiger partial charge in [0.05, 0.1) is 6.54 Å². The van der Waals surface area contributed by atoms with Gasteiger partial charge in [0.15, 0.2) is 0 Å². The van der Waals surface area contributed by atoms with Gasteiger partial charge in [0.2, 0.25) is 5.91 Å². The second-order valence-corrected chi connectivity index (χ2v) is 7.76. The summed E-state index contributed by atoms with van der Waals surface area (Å²) in [5, 5.41) is 0. The maximum absolute atomic E-state index is 12.6. The SMILES string of the molecule is CCN(CC(=O)N(CC(C)C)CC(C)C)CC(C)(C)CN. The molecule has 0 fully saturated rings. The van der Waals surface area contributed by atoms with Gasteiger partial charge in [-0.1, -0.05) is 48.5 Å². The third-order valence-electron chi connectivity index (χ3n) is 3.53. The van der Waals surface area contributed by atoms with Gasteiger partial charge in [0.1, 0.15) is 0 Å². The van der Waals surface area contributed by atoms with Crippen LogP contribution in [-0.4, -0.2) is 55.0 Å². The Hall–Kier alpha value is -0.610. The van der Waals surface area contributed by atoms with Crippen molar-refractivity contribution in [2.45, 2.75) is 48.5 Å². The fourth-order valence-electron chi connectivity index (χ4n) is 2.40. The quantitative estimate of drug-likeness (QED) is 0.674. The van der Waals surface area contributed by atoms with Crippen molar-refractivity contribution in [2.75, 3.05) is 39.3 Å². The number of nitrogens with two attached hydrogens (primary N) is 1. The summed E-state index contributed by atoms with van der Waals surface area (Å²) >= 11 is 0. The Morgan fingerprint density at radius 3 is 1.90 bits per heavy atom. The summed E-state index contributed by atoms with van der Waals surface area (Å²) in [5.41, 5.74) is 5.86. The second-order valence-electron chi connectivity index (χ2n) is 7.76. The van der Waals surface area contributed by atoms with Crippen LogP contribution in [0.2, 0.25) is 0 Å². The predicted octanol–water partition coefficient (Wildman–Crippen LogP) is 2.43. The monoisotopic (exact) mass is 299 g/mol. The second kappa shape index (κ2) is 9.42. The average molecular weight is 300 g/mol. The highest BCUT2D eigenvalue weighted by atomic mass is 16.2. The number of hydrogen-bond acceptors (Lipinski definition) is 3. The molecule has 0 heterocycles. The molecule has 21 heavy (non-hydrogen) atoms. The Morgan fingerprint density at radius 2 is 1.57 bits per heavy atom. The number of carbonyl (C=O) groups is 1. The molecule has 0 aliphatic rings. The van der Waals surface area contributed by atoms with Crippen LogP contribution in [0, 0.1) is 17.3 Å². The average Bonchev–Trinajstić information content (AvgIpc) is 2.35. The lowest BCUT2D eigenvalue weighted by atomic mass is 9.93. The molecule has 0 aliphatic carbocycles. The molecule has 126 valence electrons. The first kappa shape index (κ1) is 20.4. The summed E-state index contributed by atoms with van der Waals surface area (Å²) in [5.74, 6) is 1.25. The van der Waals surface area contributed by atoms with E-state index in [9.17, 15) is 4.79 Å². The van der Waals surface area contributed by atoms with Crippen LogP contribution in [0.15, 0.2) is 0 Å². The molecule has 0 saturated carbocycles. The zero-order chi connectivity index (χ0) is 16.6. The number of likely N-dealkylation sites (N-methyl/N-ethyl adjacent to an activating group) is 1. The fourth-order valence-corrected chi connectivity index (χ4v) is 2.40. The van der Waals surface area contributed by atoms with Gasteiger partial charge in [0.25, 0.3) is 0 Å². The minimum Gasteiger partial charge on any atom is -0.341 e. The Balaban J connectivity index is 4.69. The van der Waals surface area contributed by atoms with Gasteiger partial charge in [-0.3, -0.25) is 9.69 Å². The summed E-state index contributed by atoms with van der Waals surface area (Å²) in [6, 6.07) is 0. The number of carbonyl (C=O) groups excluding carboxylic acids is 1. The molecule has 0 spiro atoms. The largest absolute Gasteiger partial charge is 0.341 e. The van der Waals surface area contributed by atoms with E-state index in [1.807, 2.05) is 4.90 Å². The molecule has 0 aromatic rings. The van der Waals surface area contributed by atoms with E-state index in [1.165, 1.54) is 0 Å². The molecule has 4 heteroatoms. The predicted molar refractivity (Wildman–Crippen MR) is 91.2 cm³/mol. The lowest BCUT2D eigenvalue weighted by molar-refractivity contribution is -0.133. The molecule has 0 rings (SSSR count). The maximum Gasteiger partial charge on any atom is 0.236 e. The van der Waals surface area contributed by atoms with Gasteiger partial charge >= 0.3 is 0 Å². The first-order valence-electron chi connectivity index (χ1n) is 8.31. The van der Waals surface area contributed by atoms with E-state index < -0.39 is 0 Å². The molecule has 0 saturated heterocycles. The Labute approximate surface area is 132 Å². The standard InChI is InChI=1S/C17H37N3O/c1-8-19(13-17(6,7)12-18)11-16(21)20(9-14(2)3)10-15(4)5/h14-15H,8-13,18H2,1-7H3. The first-order valence-corrected chi connectivity index (χ1v) is 8.31. The molecular formula is C17H37N3O. The van der Waals surface area contributed by atoms with Gasteiger partial charge in [0, 0.05) is 19.6 Å². The van der Waals surface area contributed by atoms with Gasteiger partial charge in [-0.15, -0.1) is 0 Å². The molecular weight excluding hydrogens is 262 g/mol. The lowest BCUT2D eigenvalue weighted by Gasteiger charge is -2.33. The molecule has 0 atom stereocenters. The highest BCUT2D eigenvalue weighted by molar-refractivity contribution is 5.78. The minimum atomic E-state index is 0.0528. The molecule has 0 bridgehead atoms. The minimum absolute atomic E-state index is 0.0528. The van der Waals surface area contributed by atoms with Crippen molar-refractivity contribution in [3.63, 3.8) is 0 Å². The Kier molecular flexibility index (Phi) is 9.14. The smallest absolute Gasteiger partial charge is 0.236 e. The van der Waals surface area contributed by atoms with Crippen molar-refractivity contribution in [2.24, 2.45) is 23.0 Å². The molecule has 4 nitrogen and oxygen atoms in total. The van der Waals surface area contributed by atoms with E-state index in [-0.39, 0.29) is 11.3 Å². The highest BCUT2D eigenvalue weighted by Gasteiger charge is 2.23. The number of nitrogens with zero attached hydrogens (tertiary/aromatic N) is 2. The zero-order valence-corrected chi connectivity index (χ0v) is 15.3. The number of amides is 1. The number of rotatable bonds is 10. The summed E-state index contributed by atoms with van der Waals surface area (Å²) in [7, 11) is 0. The first-order chi connectivity index (χ1) is 9.61. The molecule has 0 unspecified atom stereocenters. The van der Waals surface area contributed by atoms with Crippen molar-refractivity contribution >= 4 is 5.91 Å². The van der Waals surface area contributed by atoms with Crippen molar-refractivity contribution in [1.29, 1.82) is 0 Å². The van der Waals surface area contributed by atoms with E-state index >= 15 is 0 Å². The molecule has 0 aromatic heterocycles. The van der Waals surface area contributed by atoms with E-state index in [2.05, 4.69) is 53.4 Å². The van der Waals surface area contributed by atoms with Crippen LogP contribution in [-0.2, 0) is 4.79 Å². The number of hydrogen-bond donors (Lipinski definition) is 1. The van der Waals surface area contributed by atoms with Crippen molar-refractivity contribution in [3.8, 4) is 0 Å². The molecule has 1 amide bonds. The van der Waals surface area contributed by atoms with Crippen LogP contribution >= 0.6 is 0 Å². The van der Waals surface area contributed by atoms with E-state index in [0.29, 0.717) is 24.9 Å². The van der Waals surface area contributed by atoms with Crippen LogP contribution in [0.1, 0.15) is 48.5 Å². The van der Waals surface area contributed by atoms with Crippen LogP contribution in [0.3, 0.4) is 0 Å². The maximum atomic E-state index is 12.6. The summed E-state index contributed by atoms with van der Waals surface area (Å²) in [6.07, 6.45) is 0. The third kappa shape index (κ3) is 9.10. The Bertz CT molecular complexity index is 290. The third-order valence-corrected chi connectivity index (χ3v) is 3.53. The van der Waals surface area contributed by atoms with E-state index in [4.69, 9.17) is 5.73 Å². The molecule has 0 radical (unpaired) electrons. The Morgan fingerprint density at radius 1 is 1.10 bits per heavy atom.